The minimum absolute atomic E-state index is 0.530. The first-order chi connectivity index (χ1) is 7.07. The monoisotopic (exact) mass is 344 g/mol. The van der Waals surface area contributed by atoms with Gasteiger partial charge in [-0.3, -0.25) is 0 Å². The zero-order valence-corrected chi connectivity index (χ0v) is 13.5. The fourth-order valence-corrected chi connectivity index (χ4v) is 4.13. The molecule has 0 aliphatic heterocycles. The van der Waals surface area contributed by atoms with E-state index in [4.69, 9.17) is 11.6 Å². The van der Waals surface area contributed by atoms with Crippen molar-refractivity contribution in [1.29, 1.82) is 0 Å². The van der Waals surface area contributed by atoms with Gasteiger partial charge in [-0.25, -0.2) is 8.42 Å². The van der Waals surface area contributed by atoms with E-state index in [1.807, 2.05) is 13.0 Å². The highest BCUT2D eigenvalue weighted by atomic mass is 79.9. The normalized spacial score (nSPS) is 15.1. The van der Waals surface area contributed by atoms with Crippen LogP contribution in [-0.2, 0) is 9.84 Å². The van der Waals surface area contributed by atoms with Crippen molar-refractivity contribution in [3.8, 4) is 0 Å². The van der Waals surface area contributed by atoms with Gasteiger partial charge in [0.15, 0.2) is 9.84 Å². The summed E-state index contributed by atoms with van der Waals surface area (Å²) in [4.78, 5) is 0.876. The third kappa shape index (κ3) is 2.63. The van der Waals surface area contributed by atoms with Crippen LogP contribution in [0.3, 0.4) is 0 Å². The lowest BCUT2D eigenvalue weighted by Gasteiger charge is -2.27. The molecule has 0 saturated carbocycles. The van der Waals surface area contributed by atoms with Crippen LogP contribution < -0.4 is 0 Å². The molecule has 6 heteroatoms. The van der Waals surface area contributed by atoms with Crippen molar-refractivity contribution in [2.24, 2.45) is 0 Å². The summed E-state index contributed by atoms with van der Waals surface area (Å²) >= 11 is 11.2. The van der Waals surface area contributed by atoms with Gasteiger partial charge >= 0.3 is 0 Å². The minimum Gasteiger partial charge on any atom is -0.229 e. The molecule has 0 spiro atoms. The van der Waals surface area contributed by atoms with E-state index in [0.29, 0.717) is 0 Å². The van der Waals surface area contributed by atoms with E-state index in [0.717, 1.165) is 14.2 Å². The summed E-state index contributed by atoms with van der Waals surface area (Å²) in [5.74, 6) is 0. The highest BCUT2D eigenvalue weighted by molar-refractivity contribution is 9.11. The van der Waals surface area contributed by atoms with E-state index >= 15 is 0 Å². The second-order valence-electron chi connectivity index (χ2n) is 4.34. The van der Waals surface area contributed by atoms with Crippen molar-refractivity contribution < 1.29 is 8.42 Å². The standard InChI is InChI=1S/C10H14BrClO2S2/c1-6-5-7(15-9(6)11)8(12)10(2,3)16(4,13)14/h5,8H,1-4H3. The van der Waals surface area contributed by atoms with E-state index in [9.17, 15) is 8.42 Å². The first kappa shape index (κ1) is 14.5. The van der Waals surface area contributed by atoms with E-state index in [1.165, 1.54) is 17.6 Å². The molecule has 0 aliphatic carbocycles. The van der Waals surface area contributed by atoms with Gasteiger partial charge in [0.25, 0.3) is 0 Å². The van der Waals surface area contributed by atoms with Crippen LogP contribution >= 0.6 is 38.9 Å². The molecule has 0 fully saturated rings. The number of hydrogen-bond donors (Lipinski definition) is 0. The fraction of sp³-hybridized carbons (Fsp3) is 0.600. The smallest absolute Gasteiger partial charge is 0.154 e. The van der Waals surface area contributed by atoms with E-state index in [-0.39, 0.29) is 0 Å². The third-order valence-corrected chi connectivity index (χ3v) is 8.08. The number of rotatable bonds is 3. The molecule has 16 heavy (non-hydrogen) atoms. The van der Waals surface area contributed by atoms with Gasteiger partial charge in [0.1, 0.15) is 0 Å². The molecule has 1 heterocycles. The molecule has 92 valence electrons. The summed E-state index contributed by atoms with van der Waals surface area (Å²) in [6.07, 6.45) is 1.22. The molecule has 0 radical (unpaired) electrons. The number of alkyl halides is 1. The molecule has 1 aromatic rings. The Labute approximate surface area is 114 Å². The molecule has 0 saturated heterocycles. The highest BCUT2D eigenvalue weighted by Gasteiger charge is 2.39. The van der Waals surface area contributed by atoms with E-state index in [1.54, 1.807) is 13.8 Å². The molecule has 0 aromatic carbocycles. The average molecular weight is 346 g/mol. The maximum Gasteiger partial charge on any atom is 0.154 e. The molecular weight excluding hydrogens is 332 g/mol. The third-order valence-electron chi connectivity index (χ3n) is 2.69. The van der Waals surface area contributed by atoms with Gasteiger partial charge in [-0.15, -0.1) is 22.9 Å². The maximum atomic E-state index is 11.7. The van der Waals surface area contributed by atoms with Crippen molar-refractivity contribution in [1.82, 2.24) is 0 Å². The lowest BCUT2D eigenvalue weighted by molar-refractivity contribution is 0.545. The lowest BCUT2D eigenvalue weighted by atomic mass is 10.1. The van der Waals surface area contributed by atoms with Gasteiger partial charge < -0.3 is 0 Å². The summed E-state index contributed by atoms with van der Waals surface area (Å²) in [6, 6.07) is 1.93. The summed E-state index contributed by atoms with van der Waals surface area (Å²) in [5.41, 5.74) is 1.08. The van der Waals surface area contributed by atoms with Gasteiger partial charge in [-0.2, -0.15) is 0 Å². The van der Waals surface area contributed by atoms with E-state index in [2.05, 4.69) is 15.9 Å². The first-order valence-electron chi connectivity index (χ1n) is 4.67. The molecule has 2 nitrogen and oxygen atoms in total. The largest absolute Gasteiger partial charge is 0.229 e. The summed E-state index contributed by atoms with van der Waals surface area (Å²) in [6.45, 7) is 5.27. The van der Waals surface area contributed by atoms with Crippen molar-refractivity contribution in [2.45, 2.75) is 30.9 Å². The number of halogens is 2. The van der Waals surface area contributed by atoms with E-state index < -0.39 is 20.0 Å². The van der Waals surface area contributed by atoms with Crippen LogP contribution in [0.4, 0.5) is 0 Å². The fourth-order valence-electron chi connectivity index (χ4n) is 1.14. The Kier molecular flexibility index (Phi) is 4.16. The van der Waals surface area contributed by atoms with Crippen LogP contribution in [0.15, 0.2) is 9.85 Å². The Morgan fingerprint density at radius 3 is 2.31 bits per heavy atom. The summed E-state index contributed by atoms with van der Waals surface area (Å²) < 4.78 is 23.4. The SMILES string of the molecule is Cc1cc(C(Cl)C(C)(C)S(C)(=O)=O)sc1Br. The molecule has 1 aromatic heterocycles. The van der Waals surface area contributed by atoms with Crippen LogP contribution in [0.25, 0.3) is 0 Å². The van der Waals surface area contributed by atoms with Crippen molar-refractivity contribution in [2.75, 3.05) is 6.26 Å². The summed E-state index contributed by atoms with van der Waals surface area (Å²) in [5, 5.41) is -0.530. The average Bonchev–Trinajstić information content (AvgIpc) is 2.43. The predicted octanol–water partition coefficient (Wildman–Crippen LogP) is 3.92. The van der Waals surface area contributed by atoms with Crippen molar-refractivity contribution in [3.05, 3.63) is 20.3 Å². The topological polar surface area (TPSA) is 34.1 Å². The molecule has 0 bridgehead atoms. The number of aryl methyl sites for hydroxylation is 1. The predicted molar refractivity (Wildman–Crippen MR) is 74.3 cm³/mol. The van der Waals surface area contributed by atoms with Gasteiger partial charge in [-0.05, 0) is 48.3 Å². The van der Waals surface area contributed by atoms with Crippen LogP contribution in [0.1, 0.15) is 29.7 Å². The molecule has 0 amide bonds. The van der Waals surface area contributed by atoms with Crippen LogP contribution in [0, 0.1) is 6.92 Å². The Morgan fingerprint density at radius 2 is 2.00 bits per heavy atom. The first-order valence-corrected chi connectivity index (χ1v) is 8.60. The van der Waals surface area contributed by atoms with Gasteiger partial charge in [0, 0.05) is 11.1 Å². The van der Waals surface area contributed by atoms with Crippen LogP contribution in [-0.4, -0.2) is 19.4 Å². The second kappa shape index (κ2) is 4.59. The Bertz CT molecular complexity index is 471. The number of thiophene rings is 1. The van der Waals surface area contributed by atoms with Crippen molar-refractivity contribution in [3.63, 3.8) is 0 Å². The maximum absolute atomic E-state index is 11.7. The van der Waals surface area contributed by atoms with Gasteiger partial charge in [-0.1, -0.05) is 0 Å². The zero-order chi connectivity index (χ0) is 12.7. The Balaban J connectivity index is 3.17. The molecule has 1 rings (SSSR count). The highest BCUT2D eigenvalue weighted by Crippen LogP contribution is 2.42. The van der Waals surface area contributed by atoms with Gasteiger partial charge in [0.05, 0.1) is 13.9 Å². The van der Waals surface area contributed by atoms with Crippen molar-refractivity contribution >= 4 is 48.7 Å². The molecule has 0 aliphatic rings. The zero-order valence-electron chi connectivity index (χ0n) is 9.54. The Hall–Kier alpha value is 0.420. The van der Waals surface area contributed by atoms with Crippen LogP contribution in [0.2, 0.25) is 0 Å². The van der Waals surface area contributed by atoms with Crippen LogP contribution in [0.5, 0.6) is 0 Å². The molecular formula is C10H14BrClO2S2. The molecule has 1 atom stereocenters. The lowest BCUT2D eigenvalue weighted by Crippen LogP contribution is -2.35. The summed E-state index contributed by atoms with van der Waals surface area (Å²) in [7, 11) is -3.19. The second-order valence-corrected chi connectivity index (χ2v) is 9.78. The Morgan fingerprint density at radius 1 is 1.50 bits per heavy atom. The minimum atomic E-state index is -3.19. The van der Waals surface area contributed by atoms with Gasteiger partial charge in [0.2, 0.25) is 0 Å². The molecule has 0 N–H and O–H groups in total. The number of sulfone groups is 1. The number of hydrogen-bond acceptors (Lipinski definition) is 3. The quantitative estimate of drug-likeness (QED) is 0.778. The molecule has 1 unspecified atom stereocenters.